The van der Waals surface area contributed by atoms with Crippen molar-refractivity contribution in [1.29, 1.82) is 5.26 Å². The Labute approximate surface area is 183 Å². The van der Waals surface area contributed by atoms with Crippen LogP contribution in [0.3, 0.4) is 0 Å². The molecule has 2 fully saturated rings. The highest BCUT2D eigenvalue weighted by atomic mass is 16.2. The van der Waals surface area contributed by atoms with E-state index in [1.54, 1.807) is 4.90 Å². The molecule has 1 aromatic carbocycles. The van der Waals surface area contributed by atoms with E-state index in [0.717, 1.165) is 44.3 Å². The Morgan fingerprint density at radius 2 is 1.87 bits per heavy atom. The van der Waals surface area contributed by atoms with Gasteiger partial charge in [-0.25, -0.2) is 10.1 Å². The highest BCUT2D eigenvalue weighted by Crippen LogP contribution is 2.18. The molecule has 0 spiro atoms. The van der Waals surface area contributed by atoms with Crippen molar-refractivity contribution in [3.8, 4) is 6.07 Å². The standard InChI is InChI=1S/C23H28N6O2/c1-17-8-10-18(11-9-17)26-22(20(15-24)25-2)27-19-7-3-4-14-29(23(19)31)16-21(30)28-12-5-6-13-28/h8-11,19,26-27H,3-7,12-14,16H2,1H3/b22-20+. The van der Waals surface area contributed by atoms with Gasteiger partial charge >= 0.3 is 5.70 Å². The van der Waals surface area contributed by atoms with Crippen LogP contribution in [0.25, 0.3) is 4.85 Å². The third-order valence-electron chi connectivity index (χ3n) is 5.66. The molecule has 1 atom stereocenters. The first-order chi connectivity index (χ1) is 15.0. The Balaban J connectivity index is 1.75. The van der Waals surface area contributed by atoms with Gasteiger partial charge in [-0.2, -0.15) is 0 Å². The molecule has 0 bridgehead atoms. The molecular formula is C23H28N6O2. The number of nitriles is 1. The average Bonchev–Trinajstić information content (AvgIpc) is 3.26. The van der Waals surface area contributed by atoms with Crippen LogP contribution in [0.2, 0.25) is 0 Å². The van der Waals surface area contributed by atoms with Gasteiger partial charge in [0, 0.05) is 25.3 Å². The van der Waals surface area contributed by atoms with Gasteiger partial charge in [0.25, 0.3) is 0 Å². The van der Waals surface area contributed by atoms with Crippen molar-refractivity contribution in [3.63, 3.8) is 0 Å². The van der Waals surface area contributed by atoms with Crippen LogP contribution in [-0.2, 0) is 9.59 Å². The number of nitrogens with one attached hydrogen (secondary N) is 2. The summed E-state index contributed by atoms with van der Waals surface area (Å²) in [5, 5.41) is 15.6. The molecule has 0 aliphatic carbocycles. The molecule has 31 heavy (non-hydrogen) atoms. The highest BCUT2D eigenvalue weighted by Gasteiger charge is 2.31. The fraction of sp³-hybridized carbons (Fsp3) is 0.478. The summed E-state index contributed by atoms with van der Waals surface area (Å²) in [7, 11) is 0. The van der Waals surface area contributed by atoms with Gasteiger partial charge in [0.05, 0.1) is 19.2 Å². The summed E-state index contributed by atoms with van der Waals surface area (Å²) < 4.78 is 0. The second-order valence-electron chi connectivity index (χ2n) is 7.98. The van der Waals surface area contributed by atoms with Gasteiger partial charge in [-0.3, -0.25) is 9.59 Å². The van der Waals surface area contributed by atoms with Crippen molar-refractivity contribution >= 4 is 17.5 Å². The second kappa shape index (κ2) is 10.5. The van der Waals surface area contributed by atoms with E-state index in [9.17, 15) is 14.9 Å². The summed E-state index contributed by atoms with van der Waals surface area (Å²) in [5.41, 5.74) is 1.66. The van der Waals surface area contributed by atoms with Gasteiger partial charge in [-0.05, 0) is 51.2 Å². The third kappa shape index (κ3) is 5.76. The van der Waals surface area contributed by atoms with Gasteiger partial charge in [0.2, 0.25) is 11.8 Å². The molecule has 0 saturated carbocycles. The van der Waals surface area contributed by atoms with Gasteiger partial charge in [0.15, 0.2) is 0 Å². The van der Waals surface area contributed by atoms with E-state index in [1.807, 2.05) is 42.2 Å². The molecule has 8 nitrogen and oxygen atoms in total. The number of likely N-dealkylation sites (tertiary alicyclic amines) is 2. The first-order valence-corrected chi connectivity index (χ1v) is 10.7. The number of hydrogen-bond donors (Lipinski definition) is 2. The lowest BCUT2D eigenvalue weighted by Gasteiger charge is -2.28. The largest absolute Gasteiger partial charge is 0.368 e. The monoisotopic (exact) mass is 420 g/mol. The molecule has 162 valence electrons. The maximum Gasteiger partial charge on any atom is 0.300 e. The summed E-state index contributed by atoms with van der Waals surface area (Å²) in [6, 6.07) is 8.85. The van der Waals surface area contributed by atoms with E-state index in [2.05, 4.69) is 15.5 Å². The maximum atomic E-state index is 13.2. The van der Waals surface area contributed by atoms with Crippen LogP contribution < -0.4 is 10.6 Å². The van der Waals surface area contributed by atoms with E-state index in [4.69, 9.17) is 6.57 Å². The Hall–Kier alpha value is -3.52. The van der Waals surface area contributed by atoms with Crippen molar-refractivity contribution < 1.29 is 9.59 Å². The molecule has 2 heterocycles. The lowest BCUT2D eigenvalue weighted by molar-refractivity contribution is -0.140. The topological polar surface area (TPSA) is 92.8 Å². The van der Waals surface area contributed by atoms with E-state index < -0.39 is 6.04 Å². The molecule has 1 aromatic rings. The number of hydrogen-bond acceptors (Lipinski definition) is 5. The Morgan fingerprint density at radius 3 is 2.52 bits per heavy atom. The predicted molar refractivity (Wildman–Crippen MR) is 117 cm³/mol. The van der Waals surface area contributed by atoms with E-state index in [1.165, 1.54) is 0 Å². The number of aryl methyl sites for hydroxylation is 1. The van der Waals surface area contributed by atoms with E-state index in [0.29, 0.717) is 18.7 Å². The minimum absolute atomic E-state index is 0.0149. The number of anilines is 1. The van der Waals surface area contributed by atoms with Crippen molar-refractivity contribution in [2.75, 3.05) is 31.5 Å². The maximum absolute atomic E-state index is 13.2. The van der Waals surface area contributed by atoms with Crippen LogP contribution >= 0.6 is 0 Å². The fourth-order valence-electron chi connectivity index (χ4n) is 3.88. The van der Waals surface area contributed by atoms with Crippen molar-refractivity contribution in [2.24, 2.45) is 0 Å². The number of allylic oxidation sites excluding steroid dienone is 1. The van der Waals surface area contributed by atoms with E-state index >= 15 is 0 Å². The van der Waals surface area contributed by atoms with Gasteiger partial charge in [0.1, 0.15) is 11.9 Å². The number of carbonyl (C=O) groups is 2. The molecule has 1 unspecified atom stereocenters. The molecule has 0 aromatic heterocycles. The molecule has 2 saturated heterocycles. The molecule has 3 rings (SSSR count). The molecule has 2 amide bonds. The first-order valence-electron chi connectivity index (χ1n) is 10.7. The zero-order valence-corrected chi connectivity index (χ0v) is 17.9. The quantitative estimate of drug-likeness (QED) is 0.545. The van der Waals surface area contributed by atoms with E-state index in [-0.39, 0.29) is 29.9 Å². The number of rotatable bonds is 6. The van der Waals surface area contributed by atoms with Crippen molar-refractivity contribution in [1.82, 2.24) is 15.1 Å². The lowest BCUT2D eigenvalue weighted by atomic mass is 10.1. The minimum Gasteiger partial charge on any atom is -0.368 e. The smallest absolute Gasteiger partial charge is 0.300 e. The Bertz CT molecular complexity index is 903. The predicted octanol–water partition coefficient (Wildman–Crippen LogP) is 2.61. The summed E-state index contributed by atoms with van der Waals surface area (Å²) in [6.07, 6.45) is 4.22. The first kappa shape index (κ1) is 22.2. The summed E-state index contributed by atoms with van der Waals surface area (Å²) in [4.78, 5) is 32.5. The molecular weight excluding hydrogens is 392 g/mol. The normalized spacial score (nSPS) is 19.7. The second-order valence-corrected chi connectivity index (χ2v) is 7.98. The lowest BCUT2D eigenvalue weighted by Crippen LogP contribution is -2.49. The van der Waals surface area contributed by atoms with Crippen LogP contribution in [0.4, 0.5) is 5.69 Å². The highest BCUT2D eigenvalue weighted by molar-refractivity contribution is 5.88. The zero-order valence-electron chi connectivity index (χ0n) is 17.9. The summed E-state index contributed by atoms with van der Waals surface area (Å²) >= 11 is 0. The number of amides is 2. The van der Waals surface area contributed by atoms with Crippen LogP contribution in [0.15, 0.2) is 35.8 Å². The minimum atomic E-state index is -0.605. The number of benzene rings is 1. The van der Waals surface area contributed by atoms with Gasteiger partial charge < -0.3 is 20.4 Å². The molecule has 2 aliphatic rings. The van der Waals surface area contributed by atoms with Crippen LogP contribution in [0, 0.1) is 24.8 Å². The third-order valence-corrected chi connectivity index (χ3v) is 5.66. The molecule has 2 aliphatic heterocycles. The molecule has 8 heteroatoms. The summed E-state index contributed by atoms with van der Waals surface area (Å²) in [6.45, 7) is 11.4. The van der Waals surface area contributed by atoms with Crippen LogP contribution in [0.5, 0.6) is 0 Å². The molecule has 2 N–H and O–H groups in total. The number of nitrogens with zero attached hydrogens (tertiary/aromatic N) is 4. The van der Waals surface area contributed by atoms with Crippen molar-refractivity contribution in [3.05, 3.63) is 52.8 Å². The zero-order chi connectivity index (χ0) is 22.2. The van der Waals surface area contributed by atoms with Crippen LogP contribution in [0.1, 0.15) is 37.7 Å². The SMILES string of the molecule is [C-]#[N+]/C(C#N)=C(\Nc1ccc(C)cc1)NC1CCCCN(CC(=O)N2CCCC2)C1=O. The number of carbonyl (C=O) groups excluding carboxylic acids is 2. The van der Waals surface area contributed by atoms with Gasteiger partial charge in [-0.15, -0.1) is 0 Å². The fourth-order valence-corrected chi connectivity index (χ4v) is 3.88. The Morgan fingerprint density at radius 1 is 1.19 bits per heavy atom. The average molecular weight is 421 g/mol. The molecule has 0 radical (unpaired) electrons. The Kier molecular flexibility index (Phi) is 7.50. The summed E-state index contributed by atoms with van der Waals surface area (Å²) in [5.74, 6) is 0.0295. The van der Waals surface area contributed by atoms with Gasteiger partial charge in [-0.1, -0.05) is 17.7 Å². The van der Waals surface area contributed by atoms with Crippen LogP contribution in [-0.4, -0.2) is 53.8 Å². The van der Waals surface area contributed by atoms with Crippen molar-refractivity contribution in [2.45, 2.75) is 45.1 Å².